The molecule has 3 saturated heterocycles. The molecule has 6 aromatic heterocycles. The fourth-order valence-corrected chi connectivity index (χ4v) is 14.2. The molecule has 0 radical (unpaired) electrons. The number of likely N-dealkylation sites (tertiary alicyclic amines) is 3. The summed E-state index contributed by atoms with van der Waals surface area (Å²) in [6, 6.07) is 4.85. The molecule has 5 fully saturated rings. The van der Waals surface area contributed by atoms with Crippen LogP contribution in [0.5, 0.6) is 0 Å². The number of aromatic nitrogens is 9. The van der Waals surface area contributed by atoms with Crippen LogP contribution in [-0.2, 0) is 26.6 Å². The number of halogens is 7. The van der Waals surface area contributed by atoms with Crippen LogP contribution in [0.1, 0.15) is 129 Å². The normalized spacial score (nSPS) is 18.2. The van der Waals surface area contributed by atoms with Crippen LogP contribution in [-0.4, -0.2) is 171 Å². The van der Waals surface area contributed by atoms with Gasteiger partial charge in [0.1, 0.15) is 99.3 Å². The van der Waals surface area contributed by atoms with Crippen LogP contribution < -0.4 is 117 Å². The standard InChI is InChI=1S/C23H27F2N7O3.C19H23F2N7O2.C14H16BrF2N3O2.C9H12N4O.K.H2O/c1-12-9-15(28-18-13(2)19(27-11-26-18)29-20(33)14-3-4-14)22(35)32-17(12)21(34)30-23(32)5-7-31(8-6-23)10-16(24)25;1-10-7-12(25-16-11(2)15(22)23-9-24-16)18(30)28-14(10)17(29)26-19(28)3-5-27(6-4-19)8-13(20)21;1-8-6-9(15)13(22)20-11(8)12(21)18-14(20)2-4-19(5-3-14)7-10(16)17;1-5-7(10)11-4-12-8(5)13-9(14)6-2-3-6;;/h9,11,14,16H,3-8,10H2,1-2H3,(H,30,34)(H2,26,27,28,29,33);7,9,13H,3-6,8H2,1-2H3,(H,26,29)(H3,22,23,24,25);6,10H,2-5,7H2,1H3,(H,18,21);4,6H,2-3H2,1H3,(H3,10,11,12,13,14);;1H2/q;;;;+1;/p-1. The first kappa shape index (κ1) is 79.3. The van der Waals surface area contributed by atoms with E-state index in [1.54, 1.807) is 74.4 Å². The summed E-state index contributed by atoms with van der Waals surface area (Å²) < 4.78 is 81.0. The number of aryl methyl sites for hydroxylation is 3. The molecule has 6 aliphatic heterocycles. The van der Waals surface area contributed by atoms with E-state index in [0.717, 1.165) is 36.8 Å². The molecule has 14 rings (SSSR count). The zero-order chi connectivity index (χ0) is 72.7. The number of carbonyl (C=O) groups excluding carboxylic acids is 5. The van der Waals surface area contributed by atoms with Crippen molar-refractivity contribution in [3.63, 3.8) is 0 Å². The third kappa shape index (κ3) is 17.0. The van der Waals surface area contributed by atoms with Gasteiger partial charge in [-0.15, -0.1) is 0 Å². The topological polar surface area (TPSA) is 405 Å². The average Bonchev–Trinajstić information content (AvgIpc) is 1.60. The van der Waals surface area contributed by atoms with Gasteiger partial charge in [0.2, 0.25) is 11.8 Å². The Balaban J connectivity index is 0.000000165. The number of fused-ring (bicyclic) bond motifs is 6. The van der Waals surface area contributed by atoms with Crippen molar-refractivity contribution in [2.45, 2.75) is 142 Å². The van der Waals surface area contributed by atoms with Crippen molar-refractivity contribution in [1.29, 1.82) is 0 Å². The van der Waals surface area contributed by atoms with Crippen molar-refractivity contribution in [1.82, 2.24) is 74.3 Å². The van der Waals surface area contributed by atoms with E-state index in [0.29, 0.717) is 151 Å². The van der Waals surface area contributed by atoms with Crippen LogP contribution in [0.15, 0.2) is 56.0 Å². The Hall–Kier alpha value is -7.82. The molecule has 2 saturated carbocycles. The van der Waals surface area contributed by atoms with Crippen LogP contribution in [0.3, 0.4) is 0 Å². The third-order valence-electron chi connectivity index (χ3n) is 19.6. The van der Waals surface area contributed by atoms with E-state index >= 15 is 0 Å². The molecule has 0 bridgehead atoms. The molecule has 2 aliphatic carbocycles. The van der Waals surface area contributed by atoms with Crippen molar-refractivity contribution in [2.24, 2.45) is 11.8 Å². The van der Waals surface area contributed by atoms with E-state index in [1.807, 2.05) is 0 Å². The molecule has 38 heteroatoms. The summed E-state index contributed by atoms with van der Waals surface area (Å²) in [5.41, 5.74) is 12.9. The number of hydrogen-bond donors (Lipinski definition) is 9. The van der Waals surface area contributed by atoms with Crippen molar-refractivity contribution in [3.8, 4) is 0 Å². The first-order chi connectivity index (χ1) is 47.9. The van der Waals surface area contributed by atoms with Gasteiger partial charge < -0.3 is 54.2 Å². The minimum Gasteiger partial charge on any atom is -0.870 e. The predicted molar refractivity (Wildman–Crippen MR) is 366 cm³/mol. The molecule has 0 aromatic carbocycles. The van der Waals surface area contributed by atoms with Crippen LogP contribution in [0.2, 0.25) is 0 Å². The number of amides is 5. The number of anilines is 8. The first-order valence-corrected chi connectivity index (χ1v) is 33.8. The Labute approximate surface area is 637 Å². The van der Waals surface area contributed by atoms with Crippen molar-refractivity contribution >= 4 is 91.7 Å². The monoisotopic (exact) mass is 1530 g/mol. The minimum atomic E-state index is -2.44. The van der Waals surface area contributed by atoms with Gasteiger partial charge in [-0.3, -0.25) is 66.8 Å². The Bertz CT molecular complexity index is 4440. The number of alkyl halides is 6. The number of nitrogen functional groups attached to an aromatic ring is 2. The zero-order valence-electron chi connectivity index (χ0n) is 57.7. The van der Waals surface area contributed by atoms with Crippen LogP contribution in [0, 0.1) is 53.4 Å². The van der Waals surface area contributed by atoms with Crippen molar-refractivity contribution < 1.29 is 107 Å². The van der Waals surface area contributed by atoms with Gasteiger partial charge in [0.25, 0.3) is 53.7 Å². The van der Waals surface area contributed by atoms with Crippen LogP contribution in [0.4, 0.5) is 72.6 Å². The molecule has 8 aliphatic rings. The summed E-state index contributed by atoms with van der Waals surface area (Å²) in [7, 11) is 0. The second-order valence-electron chi connectivity index (χ2n) is 26.6. The van der Waals surface area contributed by atoms with Crippen molar-refractivity contribution in [2.75, 3.05) is 91.6 Å². The summed E-state index contributed by atoms with van der Waals surface area (Å²) in [4.78, 5) is 130. The third-order valence-corrected chi connectivity index (χ3v) is 20.1. The van der Waals surface area contributed by atoms with Crippen molar-refractivity contribution in [3.05, 3.63) is 123 Å². The van der Waals surface area contributed by atoms with Gasteiger partial charge in [0.15, 0.2) is 0 Å². The number of nitrogens with one attached hydrogen (secondary N) is 7. The molecule has 0 unspecified atom stereocenters. The summed E-state index contributed by atoms with van der Waals surface area (Å²) in [6.07, 6.45) is 2.68. The molecule has 30 nitrogen and oxygen atoms in total. The number of hydrogen-bond acceptors (Lipinski definition) is 22. The number of carbonyl (C=O) groups is 5. The fraction of sp³-hybridized carbons (Fsp3) is 0.508. The molecule has 0 atom stereocenters. The van der Waals surface area contributed by atoms with Gasteiger partial charge in [-0.1, -0.05) is 0 Å². The Morgan fingerprint density at radius 2 is 0.777 bits per heavy atom. The van der Waals surface area contributed by atoms with E-state index < -0.39 is 41.8 Å². The molecule has 5 amide bonds. The first-order valence-electron chi connectivity index (χ1n) is 33.0. The molecular weight excluding hydrogens is 1450 g/mol. The van der Waals surface area contributed by atoms with E-state index in [9.17, 15) is 64.7 Å². The summed E-state index contributed by atoms with van der Waals surface area (Å²) in [5, 5.41) is 20.4. The number of rotatable bonds is 14. The molecule has 6 aromatic rings. The molecule has 12 heterocycles. The minimum absolute atomic E-state index is 0. The SMILES string of the molecule is Cc1c(N)ncnc1NC(=O)C1CC1.Cc1cc(Br)c(=O)n2c1C(=O)NC21CCN(CC(F)F)CC1.Cc1cc(Nc2ncnc(N)c2C)c(=O)n2c1C(=O)NC21CCN(CC(F)F)CC1.Cc1cc(Nc2ncnc(NC(=O)C3CC3)c2C)c(=O)n2c1C(=O)NC21CCN(CC(F)F)CC1.[K+].[OH-]. The maximum atomic E-state index is 13.6. The summed E-state index contributed by atoms with van der Waals surface area (Å²) >= 11 is 3.23. The molecule has 103 heavy (non-hydrogen) atoms. The summed E-state index contributed by atoms with van der Waals surface area (Å²) in [5.74, 6) is 1.54. The van der Waals surface area contributed by atoms with Crippen LogP contribution in [0.25, 0.3) is 0 Å². The average molecular weight is 1530 g/mol. The van der Waals surface area contributed by atoms with Crippen LogP contribution >= 0.6 is 15.9 Å². The number of pyridine rings is 3. The number of nitrogens with two attached hydrogens (primary N) is 2. The Morgan fingerprint density at radius 3 is 1.12 bits per heavy atom. The van der Waals surface area contributed by atoms with E-state index in [-0.39, 0.29) is 146 Å². The Kier molecular flexibility index (Phi) is 24.8. The van der Waals surface area contributed by atoms with Gasteiger partial charge in [-0.25, -0.2) is 56.2 Å². The van der Waals surface area contributed by atoms with Gasteiger partial charge in [0.05, 0.1) is 24.1 Å². The molecule has 12 N–H and O–H groups in total. The largest absolute Gasteiger partial charge is 1.00 e. The molecule has 3 spiro atoms. The predicted octanol–water partition coefficient (Wildman–Crippen LogP) is 2.66. The second-order valence-corrected chi connectivity index (χ2v) is 27.4. The zero-order valence-corrected chi connectivity index (χ0v) is 62.4. The second kappa shape index (κ2) is 32.3. The number of nitrogens with zero attached hydrogens (tertiary/aromatic N) is 12. The van der Waals surface area contributed by atoms with Gasteiger partial charge >= 0.3 is 51.4 Å². The smallest absolute Gasteiger partial charge is 0.870 e. The quantitative estimate of drug-likeness (QED) is 0.0559. The maximum absolute atomic E-state index is 13.6. The van der Waals surface area contributed by atoms with Gasteiger partial charge in [-0.2, -0.15) is 0 Å². The van der Waals surface area contributed by atoms with Gasteiger partial charge in [-0.05, 0) is 118 Å². The maximum Gasteiger partial charge on any atom is 1.00 e. The molecular formula is C65H79BrF6KN21O9. The Morgan fingerprint density at radius 1 is 0.485 bits per heavy atom. The fourth-order valence-electron chi connectivity index (χ4n) is 13.6. The van der Waals surface area contributed by atoms with E-state index in [2.05, 4.69) is 83.1 Å². The molecule has 548 valence electrons. The van der Waals surface area contributed by atoms with E-state index in [4.69, 9.17) is 11.5 Å². The van der Waals surface area contributed by atoms with E-state index in [1.165, 1.54) is 32.7 Å². The summed E-state index contributed by atoms with van der Waals surface area (Å²) in [6.45, 7) is 11.8. The number of piperidine rings is 3. The van der Waals surface area contributed by atoms with Gasteiger partial charge in [0, 0.05) is 106 Å².